The molecular weight excluding hydrogens is 242 g/mol. The third-order valence-corrected chi connectivity index (χ3v) is 3.28. The van der Waals surface area contributed by atoms with Crippen molar-refractivity contribution in [2.24, 2.45) is 11.1 Å². The second-order valence-corrected chi connectivity index (χ2v) is 5.83. The van der Waals surface area contributed by atoms with Gasteiger partial charge in [0.2, 0.25) is 6.43 Å². The van der Waals surface area contributed by atoms with Gasteiger partial charge < -0.3 is 15.4 Å². The minimum atomic E-state index is -2.44. The number of nitrogens with zero attached hydrogens (tertiary/aromatic N) is 1. The zero-order chi connectivity index (χ0) is 14.0. The molecule has 1 aliphatic rings. The van der Waals surface area contributed by atoms with E-state index in [0.717, 1.165) is 0 Å². The van der Waals surface area contributed by atoms with E-state index in [0.29, 0.717) is 0 Å². The van der Waals surface area contributed by atoms with Crippen molar-refractivity contribution in [3.63, 3.8) is 0 Å². The van der Waals surface area contributed by atoms with Gasteiger partial charge in [0.05, 0.1) is 0 Å². The quantitative estimate of drug-likeness (QED) is 0.832. The topological polar surface area (TPSA) is 55.6 Å². The molecule has 18 heavy (non-hydrogen) atoms. The Morgan fingerprint density at radius 2 is 1.89 bits per heavy atom. The van der Waals surface area contributed by atoms with E-state index < -0.39 is 23.5 Å². The van der Waals surface area contributed by atoms with Gasteiger partial charge in [0.25, 0.3) is 0 Å². The summed E-state index contributed by atoms with van der Waals surface area (Å²) in [6.45, 7) is 5.83. The first-order valence-electron chi connectivity index (χ1n) is 6.16. The molecule has 1 fully saturated rings. The van der Waals surface area contributed by atoms with Crippen LogP contribution in [0.25, 0.3) is 0 Å². The van der Waals surface area contributed by atoms with Crippen LogP contribution in [-0.2, 0) is 4.74 Å². The Bertz CT molecular complexity index is 295. The SMILES string of the molecule is CC(C)(C)OC(=O)N1CCC(CN)(C(F)F)CC1. The van der Waals surface area contributed by atoms with E-state index in [4.69, 9.17) is 10.5 Å². The van der Waals surface area contributed by atoms with Crippen LogP contribution in [0.5, 0.6) is 0 Å². The van der Waals surface area contributed by atoms with Gasteiger partial charge in [-0.2, -0.15) is 0 Å². The summed E-state index contributed by atoms with van der Waals surface area (Å²) < 4.78 is 31.1. The van der Waals surface area contributed by atoms with Crippen LogP contribution < -0.4 is 5.73 Å². The van der Waals surface area contributed by atoms with Gasteiger partial charge in [0.1, 0.15) is 5.60 Å². The lowest BCUT2D eigenvalue weighted by Gasteiger charge is -2.40. The average molecular weight is 264 g/mol. The van der Waals surface area contributed by atoms with Gasteiger partial charge in [-0.05, 0) is 33.6 Å². The lowest BCUT2D eigenvalue weighted by atomic mass is 9.79. The maximum Gasteiger partial charge on any atom is 0.410 e. The molecule has 1 saturated heterocycles. The molecule has 0 aromatic carbocycles. The zero-order valence-corrected chi connectivity index (χ0v) is 11.2. The number of likely N-dealkylation sites (tertiary alicyclic amines) is 1. The highest BCUT2D eigenvalue weighted by atomic mass is 19.3. The van der Waals surface area contributed by atoms with Crippen LogP contribution in [0.4, 0.5) is 13.6 Å². The van der Waals surface area contributed by atoms with Gasteiger partial charge >= 0.3 is 6.09 Å². The molecule has 0 aromatic heterocycles. The van der Waals surface area contributed by atoms with Crippen molar-refractivity contribution in [1.82, 2.24) is 4.90 Å². The average Bonchev–Trinajstić information content (AvgIpc) is 2.26. The van der Waals surface area contributed by atoms with E-state index in [1.165, 1.54) is 4.90 Å². The smallest absolute Gasteiger partial charge is 0.410 e. The van der Waals surface area contributed by atoms with Crippen LogP contribution in [0.2, 0.25) is 0 Å². The summed E-state index contributed by atoms with van der Waals surface area (Å²) in [5.74, 6) is 0. The third-order valence-electron chi connectivity index (χ3n) is 3.28. The highest BCUT2D eigenvalue weighted by molar-refractivity contribution is 5.68. The monoisotopic (exact) mass is 264 g/mol. The highest BCUT2D eigenvalue weighted by Crippen LogP contribution is 2.36. The minimum Gasteiger partial charge on any atom is -0.444 e. The number of piperidine rings is 1. The molecule has 0 bridgehead atoms. The van der Waals surface area contributed by atoms with Gasteiger partial charge in [-0.25, -0.2) is 13.6 Å². The molecule has 0 radical (unpaired) electrons. The summed E-state index contributed by atoms with van der Waals surface area (Å²) in [7, 11) is 0. The Balaban J connectivity index is 2.56. The molecule has 0 atom stereocenters. The molecule has 0 aromatic rings. The second kappa shape index (κ2) is 5.38. The lowest BCUT2D eigenvalue weighted by Crippen LogP contribution is -2.50. The van der Waals surface area contributed by atoms with E-state index in [1.807, 2.05) is 0 Å². The lowest BCUT2D eigenvalue weighted by molar-refractivity contribution is -0.0471. The summed E-state index contributed by atoms with van der Waals surface area (Å²) in [5.41, 5.74) is 3.74. The molecule has 4 nitrogen and oxygen atoms in total. The molecule has 1 amide bonds. The molecule has 1 aliphatic heterocycles. The molecule has 0 spiro atoms. The Labute approximate surface area is 106 Å². The van der Waals surface area contributed by atoms with Crippen LogP contribution in [0, 0.1) is 5.41 Å². The fourth-order valence-electron chi connectivity index (χ4n) is 1.97. The van der Waals surface area contributed by atoms with Crippen LogP contribution in [0.15, 0.2) is 0 Å². The molecule has 0 aliphatic carbocycles. The van der Waals surface area contributed by atoms with Crippen molar-refractivity contribution in [2.45, 2.75) is 45.6 Å². The van der Waals surface area contributed by atoms with Gasteiger partial charge in [0, 0.05) is 25.0 Å². The summed E-state index contributed by atoms with van der Waals surface area (Å²) in [6, 6.07) is 0. The van der Waals surface area contributed by atoms with Crippen LogP contribution >= 0.6 is 0 Å². The Hall–Kier alpha value is -0.910. The number of ether oxygens (including phenoxy) is 1. The number of halogens is 2. The predicted molar refractivity (Wildman–Crippen MR) is 64.5 cm³/mol. The predicted octanol–water partition coefficient (Wildman–Crippen LogP) is 2.23. The summed E-state index contributed by atoms with van der Waals surface area (Å²) >= 11 is 0. The molecule has 0 unspecified atom stereocenters. The van der Waals surface area contributed by atoms with Crippen molar-refractivity contribution in [3.8, 4) is 0 Å². The van der Waals surface area contributed by atoms with Crippen LogP contribution in [-0.4, -0.2) is 42.7 Å². The van der Waals surface area contributed by atoms with Crippen molar-refractivity contribution in [2.75, 3.05) is 19.6 Å². The van der Waals surface area contributed by atoms with Crippen molar-refractivity contribution in [1.29, 1.82) is 0 Å². The molecule has 0 saturated carbocycles. The maximum atomic E-state index is 13.0. The summed E-state index contributed by atoms with van der Waals surface area (Å²) in [5, 5.41) is 0. The molecule has 6 heteroatoms. The van der Waals surface area contributed by atoms with Crippen LogP contribution in [0.1, 0.15) is 33.6 Å². The number of rotatable bonds is 2. The Morgan fingerprint density at radius 3 is 2.22 bits per heavy atom. The van der Waals surface area contributed by atoms with E-state index in [2.05, 4.69) is 0 Å². The highest BCUT2D eigenvalue weighted by Gasteiger charge is 2.42. The molecule has 1 rings (SSSR count). The second-order valence-electron chi connectivity index (χ2n) is 5.83. The fraction of sp³-hybridized carbons (Fsp3) is 0.917. The minimum absolute atomic E-state index is 0.0488. The van der Waals surface area contributed by atoms with E-state index in [9.17, 15) is 13.6 Å². The van der Waals surface area contributed by atoms with Gasteiger partial charge in [-0.15, -0.1) is 0 Å². The Morgan fingerprint density at radius 1 is 1.39 bits per heavy atom. The Kier molecular flexibility index (Phi) is 4.53. The van der Waals surface area contributed by atoms with Gasteiger partial charge in [0.15, 0.2) is 0 Å². The van der Waals surface area contributed by atoms with Crippen molar-refractivity contribution in [3.05, 3.63) is 0 Å². The first-order chi connectivity index (χ1) is 8.20. The number of amides is 1. The van der Waals surface area contributed by atoms with E-state index in [-0.39, 0.29) is 32.5 Å². The number of carbonyl (C=O) groups is 1. The number of hydrogen-bond acceptors (Lipinski definition) is 3. The summed E-state index contributed by atoms with van der Waals surface area (Å²) in [4.78, 5) is 13.2. The normalized spacial score (nSPS) is 20.1. The largest absolute Gasteiger partial charge is 0.444 e. The van der Waals surface area contributed by atoms with Gasteiger partial charge in [-0.3, -0.25) is 0 Å². The number of hydrogen-bond donors (Lipinski definition) is 1. The van der Waals surface area contributed by atoms with Crippen molar-refractivity contribution >= 4 is 6.09 Å². The number of nitrogens with two attached hydrogens (primary N) is 1. The fourth-order valence-corrected chi connectivity index (χ4v) is 1.97. The van der Waals surface area contributed by atoms with E-state index >= 15 is 0 Å². The molecule has 106 valence electrons. The molecule has 2 N–H and O–H groups in total. The van der Waals surface area contributed by atoms with Gasteiger partial charge in [-0.1, -0.05) is 0 Å². The number of alkyl halides is 2. The van der Waals surface area contributed by atoms with Crippen molar-refractivity contribution < 1.29 is 18.3 Å². The zero-order valence-electron chi connectivity index (χ0n) is 11.2. The first-order valence-corrected chi connectivity index (χ1v) is 6.16. The van der Waals surface area contributed by atoms with Crippen LogP contribution in [0.3, 0.4) is 0 Å². The third kappa shape index (κ3) is 3.54. The number of carbonyl (C=O) groups excluding carboxylic acids is 1. The van der Waals surface area contributed by atoms with E-state index in [1.54, 1.807) is 20.8 Å². The standard InChI is InChI=1S/C12H22F2N2O2/c1-11(2,3)18-10(17)16-6-4-12(8-15,5-7-16)9(13)14/h9H,4-8,15H2,1-3H3. The molecule has 1 heterocycles. The first kappa shape index (κ1) is 15.1. The maximum absolute atomic E-state index is 13.0. The summed E-state index contributed by atoms with van der Waals surface area (Å²) in [6.07, 6.45) is -2.44. The molecular formula is C12H22F2N2O2.